The Kier molecular flexibility index (Phi) is 4.13. The molecule has 0 bridgehead atoms. The van der Waals surface area contributed by atoms with Crippen molar-refractivity contribution in [3.05, 3.63) is 0 Å². The lowest BCUT2D eigenvalue weighted by Gasteiger charge is -1.85. The van der Waals surface area contributed by atoms with Crippen LogP contribution < -0.4 is 0 Å². The zero-order valence-electron chi connectivity index (χ0n) is 5.68. The summed E-state index contributed by atoms with van der Waals surface area (Å²) < 4.78 is 0. The first-order chi connectivity index (χ1) is 3.81. The highest BCUT2D eigenvalue weighted by molar-refractivity contribution is 5.86. The van der Waals surface area contributed by atoms with E-state index in [-0.39, 0.29) is 0 Å². The molecule has 0 aromatic heterocycles. The fourth-order valence-corrected chi connectivity index (χ4v) is 0.456. The molecule has 0 fully saturated rings. The van der Waals surface area contributed by atoms with Crippen LogP contribution in [0.4, 0.5) is 0 Å². The van der Waals surface area contributed by atoms with Crippen molar-refractivity contribution in [2.45, 2.75) is 20.8 Å². The molecule has 0 unspecified atom stereocenters. The third-order valence-electron chi connectivity index (χ3n) is 0.703. The second kappa shape index (κ2) is 4.50. The quantitative estimate of drug-likeness (QED) is 0.363. The van der Waals surface area contributed by atoms with E-state index in [1.807, 2.05) is 20.8 Å². The molecule has 0 atom stereocenters. The van der Waals surface area contributed by atoms with Crippen molar-refractivity contribution >= 4 is 12.1 Å². The second-order valence-corrected chi connectivity index (χ2v) is 1.41. The lowest BCUT2D eigenvalue weighted by atomic mass is 10.6. The van der Waals surface area contributed by atoms with Crippen molar-refractivity contribution in [3.63, 3.8) is 0 Å². The van der Waals surface area contributed by atoms with Crippen molar-refractivity contribution in [2.24, 2.45) is 9.98 Å². The van der Waals surface area contributed by atoms with Gasteiger partial charge >= 0.3 is 0 Å². The van der Waals surface area contributed by atoms with Gasteiger partial charge in [-0.3, -0.25) is 4.99 Å². The minimum atomic E-state index is 0.823. The predicted octanol–water partition coefficient (Wildman–Crippen LogP) is 1.52. The number of hydrogen-bond donors (Lipinski definition) is 0. The van der Waals surface area contributed by atoms with Crippen molar-refractivity contribution < 1.29 is 0 Å². The normalized spacial score (nSPS) is 13.1. The van der Waals surface area contributed by atoms with Crippen LogP contribution in [0.2, 0.25) is 0 Å². The summed E-state index contributed by atoms with van der Waals surface area (Å²) in [4.78, 5) is 7.97. The zero-order chi connectivity index (χ0) is 6.41. The summed E-state index contributed by atoms with van der Waals surface area (Å²) in [6.07, 6.45) is 1.74. The Morgan fingerprint density at radius 3 is 2.62 bits per heavy atom. The molecule has 0 aliphatic heterocycles. The number of rotatable bonds is 1. The van der Waals surface area contributed by atoms with Crippen molar-refractivity contribution in [2.75, 3.05) is 6.54 Å². The van der Waals surface area contributed by atoms with E-state index >= 15 is 0 Å². The summed E-state index contributed by atoms with van der Waals surface area (Å²) >= 11 is 0. The number of nitrogens with zero attached hydrogens (tertiary/aromatic N) is 2. The Labute approximate surface area is 50.4 Å². The molecular formula is C6H12N2. The maximum Gasteiger partial charge on any atom is 0.119 e. The highest BCUT2D eigenvalue weighted by atomic mass is 14.9. The van der Waals surface area contributed by atoms with E-state index in [4.69, 9.17) is 0 Å². The first kappa shape index (κ1) is 7.34. The van der Waals surface area contributed by atoms with Gasteiger partial charge in [0.05, 0.1) is 0 Å². The minimum Gasteiger partial charge on any atom is -0.271 e. The van der Waals surface area contributed by atoms with Gasteiger partial charge in [-0.25, -0.2) is 4.99 Å². The van der Waals surface area contributed by atoms with Gasteiger partial charge in [-0.15, -0.1) is 0 Å². The fraction of sp³-hybridized carbons (Fsp3) is 0.667. The third kappa shape index (κ3) is 3.53. The van der Waals surface area contributed by atoms with Crippen LogP contribution in [0.5, 0.6) is 0 Å². The van der Waals surface area contributed by atoms with Gasteiger partial charge < -0.3 is 0 Å². The van der Waals surface area contributed by atoms with Crippen LogP contribution >= 0.6 is 0 Å². The zero-order valence-corrected chi connectivity index (χ0v) is 5.68. The van der Waals surface area contributed by atoms with Gasteiger partial charge in [-0.2, -0.15) is 0 Å². The van der Waals surface area contributed by atoms with Crippen molar-refractivity contribution in [3.8, 4) is 0 Å². The lowest BCUT2D eigenvalue weighted by Crippen LogP contribution is -1.85. The van der Waals surface area contributed by atoms with E-state index in [1.165, 1.54) is 0 Å². The topological polar surface area (TPSA) is 24.7 Å². The molecule has 0 amide bonds. The second-order valence-electron chi connectivity index (χ2n) is 1.41. The van der Waals surface area contributed by atoms with Crippen LogP contribution in [0.25, 0.3) is 0 Å². The van der Waals surface area contributed by atoms with E-state index in [2.05, 4.69) is 9.98 Å². The van der Waals surface area contributed by atoms with Gasteiger partial charge in [0, 0.05) is 12.8 Å². The molecule has 0 saturated heterocycles. The molecule has 0 spiro atoms. The first-order valence-corrected chi connectivity index (χ1v) is 2.81. The van der Waals surface area contributed by atoms with E-state index < -0.39 is 0 Å². The molecule has 2 nitrogen and oxygen atoms in total. The first-order valence-electron chi connectivity index (χ1n) is 2.81. The number of hydrogen-bond acceptors (Lipinski definition) is 1. The van der Waals surface area contributed by atoms with Gasteiger partial charge in [-0.1, -0.05) is 0 Å². The highest BCUT2D eigenvalue weighted by Gasteiger charge is 1.76. The predicted molar refractivity (Wildman–Crippen MR) is 37.8 cm³/mol. The summed E-state index contributed by atoms with van der Waals surface area (Å²) in [5.41, 5.74) is 0. The molecular weight excluding hydrogens is 100 g/mol. The van der Waals surface area contributed by atoms with E-state index in [0.717, 1.165) is 12.4 Å². The molecule has 0 saturated carbocycles. The molecule has 0 radical (unpaired) electrons. The molecule has 0 aliphatic carbocycles. The minimum absolute atomic E-state index is 0.823. The summed E-state index contributed by atoms with van der Waals surface area (Å²) in [5, 5.41) is 0. The van der Waals surface area contributed by atoms with Crippen LogP contribution in [0.15, 0.2) is 9.98 Å². The summed E-state index contributed by atoms with van der Waals surface area (Å²) in [7, 11) is 0. The van der Waals surface area contributed by atoms with Crippen LogP contribution in [0.1, 0.15) is 20.8 Å². The summed E-state index contributed by atoms with van der Waals surface area (Å²) in [5.74, 6) is 0.856. The van der Waals surface area contributed by atoms with E-state index in [9.17, 15) is 0 Å². The maximum absolute atomic E-state index is 4.03. The third-order valence-corrected chi connectivity index (χ3v) is 0.703. The van der Waals surface area contributed by atoms with E-state index in [1.54, 1.807) is 6.21 Å². The highest BCUT2D eigenvalue weighted by Crippen LogP contribution is 1.76. The SMILES string of the molecule is CC=NC(C)=NCC. The molecule has 2 heteroatoms. The molecule has 0 heterocycles. The monoisotopic (exact) mass is 112 g/mol. The van der Waals surface area contributed by atoms with Gasteiger partial charge in [-0.05, 0) is 20.8 Å². The average Bonchev–Trinajstić information content (AvgIpc) is 1.68. The Bertz CT molecular complexity index is 103. The summed E-state index contributed by atoms with van der Waals surface area (Å²) in [6.45, 7) is 6.59. The smallest absolute Gasteiger partial charge is 0.119 e. The Balaban J connectivity index is 3.61. The van der Waals surface area contributed by atoms with Gasteiger partial charge in [0.15, 0.2) is 0 Å². The van der Waals surface area contributed by atoms with Crippen LogP contribution in [-0.4, -0.2) is 18.6 Å². The summed E-state index contributed by atoms with van der Waals surface area (Å²) in [6, 6.07) is 0. The molecule has 8 heavy (non-hydrogen) atoms. The lowest BCUT2D eigenvalue weighted by molar-refractivity contribution is 1.12. The molecule has 46 valence electrons. The van der Waals surface area contributed by atoms with Crippen LogP contribution in [0.3, 0.4) is 0 Å². The van der Waals surface area contributed by atoms with Crippen LogP contribution in [0, 0.1) is 0 Å². The van der Waals surface area contributed by atoms with Crippen LogP contribution in [-0.2, 0) is 0 Å². The van der Waals surface area contributed by atoms with Gasteiger partial charge in [0.1, 0.15) is 5.84 Å². The van der Waals surface area contributed by atoms with E-state index in [0.29, 0.717) is 0 Å². The molecule has 0 aromatic rings. The molecule has 0 rings (SSSR count). The number of aliphatic imine (C=N–C) groups is 2. The average molecular weight is 112 g/mol. The molecule has 0 aromatic carbocycles. The number of amidine groups is 1. The largest absolute Gasteiger partial charge is 0.271 e. The van der Waals surface area contributed by atoms with Gasteiger partial charge in [0.25, 0.3) is 0 Å². The standard InChI is InChI=1S/C6H12N2/c1-4-7-6(3)8-5-2/h4H,5H2,1-3H3. The molecule has 0 N–H and O–H groups in total. The molecule has 0 aliphatic rings. The maximum atomic E-state index is 4.03. The Morgan fingerprint density at radius 2 is 2.25 bits per heavy atom. The Hall–Kier alpha value is -0.660. The fourth-order valence-electron chi connectivity index (χ4n) is 0.456. The van der Waals surface area contributed by atoms with Crippen molar-refractivity contribution in [1.29, 1.82) is 0 Å². The van der Waals surface area contributed by atoms with Gasteiger partial charge in [0.2, 0.25) is 0 Å². The Morgan fingerprint density at radius 1 is 1.62 bits per heavy atom. The van der Waals surface area contributed by atoms with Crippen molar-refractivity contribution in [1.82, 2.24) is 0 Å².